The molecule has 1 heterocycles. The third-order valence-corrected chi connectivity index (χ3v) is 1.95. The highest BCUT2D eigenvalue weighted by Gasteiger charge is 2.10. The number of carbonyl (C=O) groups is 1. The van der Waals surface area contributed by atoms with Crippen LogP contribution in [0.4, 0.5) is 4.39 Å². The summed E-state index contributed by atoms with van der Waals surface area (Å²) in [5.74, 6) is -0.941. The van der Waals surface area contributed by atoms with Gasteiger partial charge in [-0.1, -0.05) is 18.2 Å². The summed E-state index contributed by atoms with van der Waals surface area (Å²) < 4.78 is 13.2. The van der Waals surface area contributed by atoms with E-state index in [1.54, 1.807) is 18.2 Å². The van der Waals surface area contributed by atoms with E-state index in [1.165, 1.54) is 6.07 Å². The lowest BCUT2D eigenvalue weighted by Gasteiger charge is -2.03. The number of nitrogens with zero attached hydrogens (tertiary/aromatic N) is 3. The molecule has 0 saturated carbocycles. The molecular weight excluding hydrogens is 213 g/mol. The van der Waals surface area contributed by atoms with E-state index >= 15 is 0 Å². The van der Waals surface area contributed by atoms with Crippen molar-refractivity contribution in [3.8, 4) is 0 Å². The topological polar surface area (TPSA) is 83.6 Å². The molecule has 1 aromatic heterocycles. The largest absolute Gasteiger partial charge is 0.345 e. The summed E-state index contributed by atoms with van der Waals surface area (Å²) in [6, 6.07) is 6.19. The number of benzene rings is 1. The number of rotatable bonds is 3. The van der Waals surface area contributed by atoms with E-state index in [9.17, 15) is 9.18 Å². The van der Waals surface area contributed by atoms with Gasteiger partial charge in [-0.05, 0) is 11.3 Å². The molecule has 0 unspecified atom stereocenters. The molecule has 2 aromatic rings. The molecule has 16 heavy (non-hydrogen) atoms. The minimum atomic E-state index is -0.503. The average Bonchev–Trinajstić information content (AvgIpc) is 2.81. The number of aromatic amines is 1. The Morgan fingerprint density at radius 3 is 2.94 bits per heavy atom. The Bertz CT molecular complexity index is 484. The molecule has 1 aromatic carbocycles. The van der Waals surface area contributed by atoms with Crippen LogP contribution in [0.25, 0.3) is 0 Å². The van der Waals surface area contributed by atoms with Crippen LogP contribution in [0.1, 0.15) is 16.2 Å². The van der Waals surface area contributed by atoms with Gasteiger partial charge in [0.1, 0.15) is 5.82 Å². The van der Waals surface area contributed by atoms with E-state index < -0.39 is 5.91 Å². The highest BCUT2D eigenvalue weighted by atomic mass is 19.1. The van der Waals surface area contributed by atoms with Crippen LogP contribution in [0.3, 0.4) is 0 Å². The highest BCUT2D eigenvalue weighted by Crippen LogP contribution is 2.05. The zero-order valence-electron chi connectivity index (χ0n) is 8.14. The van der Waals surface area contributed by atoms with Gasteiger partial charge in [0.25, 0.3) is 11.7 Å². The fourth-order valence-corrected chi connectivity index (χ4v) is 1.15. The van der Waals surface area contributed by atoms with Crippen LogP contribution < -0.4 is 5.32 Å². The molecular formula is C9H8FN5O. The van der Waals surface area contributed by atoms with Gasteiger partial charge in [0, 0.05) is 12.1 Å². The van der Waals surface area contributed by atoms with Gasteiger partial charge in [0.05, 0.1) is 0 Å². The second kappa shape index (κ2) is 4.47. The van der Waals surface area contributed by atoms with Crippen LogP contribution in [-0.4, -0.2) is 26.5 Å². The van der Waals surface area contributed by atoms with E-state index in [0.717, 1.165) is 0 Å². The van der Waals surface area contributed by atoms with Crippen molar-refractivity contribution in [2.24, 2.45) is 0 Å². The van der Waals surface area contributed by atoms with Gasteiger partial charge in [-0.3, -0.25) is 4.79 Å². The molecule has 7 heteroatoms. The molecule has 0 radical (unpaired) electrons. The zero-order valence-corrected chi connectivity index (χ0v) is 8.14. The molecule has 0 atom stereocenters. The molecule has 0 aliphatic carbocycles. The van der Waals surface area contributed by atoms with Crippen LogP contribution in [-0.2, 0) is 6.54 Å². The molecule has 6 nitrogen and oxygen atoms in total. The monoisotopic (exact) mass is 221 g/mol. The summed E-state index contributed by atoms with van der Waals surface area (Å²) in [4.78, 5) is 11.4. The Balaban J connectivity index is 1.98. The first-order chi connectivity index (χ1) is 7.77. The van der Waals surface area contributed by atoms with Crippen molar-refractivity contribution in [1.29, 1.82) is 0 Å². The van der Waals surface area contributed by atoms with E-state index in [-0.39, 0.29) is 18.2 Å². The summed E-state index contributed by atoms with van der Waals surface area (Å²) in [5, 5.41) is 14.9. The Labute approximate surface area is 89.9 Å². The standard InChI is InChI=1S/C9H8FN5O/c10-7-4-2-1-3-6(7)5-11-9(16)8-12-14-15-13-8/h1-4H,5H2,(H,11,16)(H,12,13,14,15). The van der Waals surface area contributed by atoms with Crippen LogP contribution >= 0.6 is 0 Å². The lowest BCUT2D eigenvalue weighted by molar-refractivity contribution is 0.0940. The first kappa shape index (κ1) is 10.2. The van der Waals surface area contributed by atoms with Crippen LogP contribution in [0.15, 0.2) is 24.3 Å². The maximum atomic E-state index is 13.2. The number of H-pyrrole nitrogens is 1. The Kier molecular flexibility index (Phi) is 2.86. The van der Waals surface area contributed by atoms with Gasteiger partial charge in [0.15, 0.2) is 0 Å². The summed E-state index contributed by atoms with van der Waals surface area (Å²) in [6.07, 6.45) is 0. The van der Waals surface area contributed by atoms with E-state index in [1.807, 2.05) is 0 Å². The summed E-state index contributed by atoms with van der Waals surface area (Å²) >= 11 is 0. The molecule has 0 aliphatic heterocycles. The number of hydrogen-bond acceptors (Lipinski definition) is 4. The quantitative estimate of drug-likeness (QED) is 0.779. The molecule has 0 aliphatic rings. The maximum Gasteiger partial charge on any atom is 0.293 e. The van der Waals surface area contributed by atoms with E-state index in [2.05, 4.69) is 25.9 Å². The molecule has 1 amide bonds. The maximum absolute atomic E-state index is 13.2. The predicted octanol–water partition coefficient (Wildman–Crippen LogP) is 0.269. The molecule has 0 fully saturated rings. The number of halogens is 1. The Morgan fingerprint density at radius 2 is 2.25 bits per heavy atom. The number of tetrazole rings is 1. The van der Waals surface area contributed by atoms with Gasteiger partial charge in [-0.25, -0.2) is 4.39 Å². The summed E-state index contributed by atoms with van der Waals surface area (Å²) in [5.41, 5.74) is 0.402. The smallest absolute Gasteiger partial charge is 0.293 e. The Morgan fingerprint density at radius 1 is 1.44 bits per heavy atom. The molecule has 0 spiro atoms. The van der Waals surface area contributed by atoms with Crippen LogP contribution in [0.2, 0.25) is 0 Å². The van der Waals surface area contributed by atoms with E-state index in [4.69, 9.17) is 0 Å². The average molecular weight is 221 g/mol. The molecule has 82 valence electrons. The second-order valence-corrected chi connectivity index (χ2v) is 3.01. The van der Waals surface area contributed by atoms with Crippen LogP contribution in [0.5, 0.6) is 0 Å². The normalized spacial score (nSPS) is 10.1. The predicted molar refractivity (Wildman–Crippen MR) is 51.7 cm³/mol. The zero-order chi connectivity index (χ0) is 11.4. The minimum Gasteiger partial charge on any atom is -0.345 e. The number of hydrogen-bond donors (Lipinski definition) is 2. The first-order valence-electron chi connectivity index (χ1n) is 4.52. The molecule has 0 bridgehead atoms. The molecule has 2 rings (SSSR count). The van der Waals surface area contributed by atoms with Crippen molar-refractivity contribution in [3.05, 3.63) is 41.5 Å². The fourth-order valence-electron chi connectivity index (χ4n) is 1.15. The SMILES string of the molecule is O=C(NCc1ccccc1F)c1nn[nH]n1. The molecule has 2 N–H and O–H groups in total. The van der Waals surface area contributed by atoms with Crippen molar-refractivity contribution in [2.75, 3.05) is 0 Å². The first-order valence-corrected chi connectivity index (χ1v) is 4.52. The summed E-state index contributed by atoms with van der Waals surface area (Å²) in [6.45, 7) is 0.0834. The third kappa shape index (κ3) is 2.19. The number of nitrogens with one attached hydrogen (secondary N) is 2. The summed E-state index contributed by atoms with van der Waals surface area (Å²) in [7, 11) is 0. The van der Waals surface area contributed by atoms with Gasteiger partial charge in [0.2, 0.25) is 0 Å². The van der Waals surface area contributed by atoms with Gasteiger partial charge in [-0.2, -0.15) is 5.21 Å². The lowest BCUT2D eigenvalue weighted by atomic mass is 10.2. The number of carbonyl (C=O) groups excluding carboxylic acids is 1. The van der Waals surface area contributed by atoms with Crippen molar-refractivity contribution >= 4 is 5.91 Å². The lowest BCUT2D eigenvalue weighted by Crippen LogP contribution is -2.24. The highest BCUT2D eigenvalue weighted by molar-refractivity contribution is 5.89. The van der Waals surface area contributed by atoms with Gasteiger partial charge < -0.3 is 5.32 Å². The minimum absolute atomic E-state index is 0.0728. The van der Waals surface area contributed by atoms with Crippen molar-refractivity contribution in [1.82, 2.24) is 25.9 Å². The van der Waals surface area contributed by atoms with E-state index in [0.29, 0.717) is 5.56 Å². The fraction of sp³-hybridized carbons (Fsp3) is 0.111. The van der Waals surface area contributed by atoms with Crippen molar-refractivity contribution in [2.45, 2.75) is 6.54 Å². The van der Waals surface area contributed by atoms with Gasteiger partial charge >= 0.3 is 0 Å². The molecule has 0 saturated heterocycles. The van der Waals surface area contributed by atoms with Crippen molar-refractivity contribution < 1.29 is 9.18 Å². The van der Waals surface area contributed by atoms with Crippen molar-refractivity contribution in [3.63, 3.8) is 0 Å². The van der Waals surface area contributed by atoms with Crippen LogP contribution in [0, 0.1) is 5.82 Å². The third-order valence-electron chi connectivity index (χ3n) is 1.95. The van der Waals surface area contributed by atoms with Gasteiger partial charge in [-0.15, -0.1) is 10.2 Å². The second-order valence-electron chi connectivity index (χ2n) is 3.01. The Hall–Kier alpha value is -2.31. The number of aromatic nitrogens is 4. The number of amides is 1.